The number of ether oxygens (including phenoxy) is 4. The van der Waals surface area contributed by atoms with E-state index in [2.05, 4.69) is 0 Å². The van der Waals surface area contributed by atoms with Crippen LogP contribution in [0.2, 0.25) is 0 Å². The van der Waals surface area contributed by atoms with Crippen LogP contribution in [0.25, 0.3) is 0 Å². The number of methoxy groups -OCH3 is 2. The summed E-state index contributed by atoms with van der Waals surface area (Å²) in [4.78, 5) is 10.5. The Morgan fingerprint density at radius 3 is 2.43 bits per heavy atom. The van der Waals surface area contributed by atoms with Gasteiger partial charge in [-0.15, -0.1) is 0 Å². The SMILES string of the molecule is COCCOCCOc1cc([N+](=O)[O-])c(CN)cc1OC. The fraction of sp³-hybridized carbons (Fsp3) is 0.538. The van der Waals surface area contributed by atoms with Crippen molar-refractivity contribution in [3.63, 3.8) is 0 Å². The fourth-order valence-electron chi connectivity index (χ4n) is 1.65. The zero-order valence-electron chi connectivity index (χ0n) is 12.2. The van der Waals surface area contributed by atoms with Crippen molar-refractivity contribution in [3.05, 3.63) is 27.8 Å². The molecule has 21 heavy (non-hydrogen) atoms. The molecule has 0 saturated carbocycles. The first-order valence-electron chi connectivity index (χ1n) is 6.38. The summed E-state index contributed by atoms with van der Waals surface area (Å²) in [7, 11) is 3.05. The van der Waals surface area contributed by atoms with Gasteiger partial charge >= 0.3 is 0 Å². The number of benzene rings is 1. The minimum absolute atomic E-state index is 0.0487. The molecule has 8 heteroatoms. The monoisotopic (exact) mass is 300 g/mol. The van der Waals surface area contributed by atoms with Gasteiger partial charge in [-0.05, 0) is 6.07 Å². The second-order valence-corrected chi connectivity index (χ2v) is 4.05. The molecule has 0 fully saturated rings. The molecule has 0 bridgehead atoms. The Hall–Kier alpha value is -1.90. The lowest BCUT2D eigenvalue weighted by Gasteiger charge is -2.12. The molecule has 0 aliphatic heterocycles. The van der Waals surface area contributed by atoms with E-state index >= 15 is 0 Å². The van der Waals surface area contributed by atoms with Crippen LogP contribution in [-0.2, 0) is 16.0 Å². The molecule has 0 unspecified atom stereocenters. The van der Waals surface area contributed by atoms with E-state index in [0.717, 1.165) is 0 Å². The van der Waals surface area contributed by atoms with E-state index in [0.29, 0.717) is 31.1 Å². The van der Waals surface area contributed by atoms with Gasteiger partial charge in [0.2, 0.25) is 0 Å². The van der Waals surface area contributed by atoms with E-state index in [9.17, 15) is 10.1 Å². The first kappa shape index (κ1) is 17.2. The normalized spacial score (nSPS) is 10.4. The minimum Gasteiger partial charge on any atom is -0.493 e. The summed E-state index contributed by atoms with van der Waals surface area (Å²) in [6, 6.07) is 2.83. The van der Waals surface area contributed by atoms with Crippen molar-refractivity contribution >= 4 is 5.69 Å². The fourth-order valence-corrected chi connectivity index (χ4v) is 1.65. The summed E-state index contributed by atoms with van der Waals surface area (Å²) in [5.41, 5.74) is 5.80. The van der Waals surface area contributed by atoms with E-state index in [1.165, 1.54) is 19.2 Å². The number of rotatable bonds is 10. The first-order chi connectivity index (χ1) is 10.1. The molecule has 1 rings (SSSR count). The third kappa shape index (κ3) is 5.18. The van der Waals surface area contributed by atoms with E-state index in [4.69, 9.17) is 24.7 Å². The lowest BCUT2D eigenvalue weighted by Crippen LogP contribution is -2.11. The molecule has 1 aromatic rings. The molecule has 1 aromatic carbocycles. The summed E-state index contributed by atoms with van der Waals surface area (Å²) >= 11 is 0. The molecule has 0 radical (unpaired) electrons. The number of nitrogens with two attached hydrogens (primary N) is 1. The highest BCUT2D eigenvalue weighted by atomic mass is 16.6. The van der Waals surface area contributed by atoms with Gasteiger partial charge in [0.1, 0.15) is 6.61 Å². The molecule has 118 valence electrons. The quantitative estimate of drug-likeness (QED) is 0.392. The van der Waals surface area contributed by atoms with Gasteiger partial charge in [0.25, 0.3) is 5.69 Å². The lowest BCUT2D eigenvalue weighted by molar-refractivity contribution is -0.385. The summed E-state index contributed by atoms with van der Waals surface area (Å²) in [5, 5.41) is 11.0. The van der Waals surface area contributed by atoms with Gasteiger partial charge in [0.05, 0.1) is 37.9 Å². The number of hydrogen-bond acceptors (Lipinski definition) is 7. The van der Waals surface area contributed by atoms with Gasteiger partial charge < -0.3 is 24.7 Å². The molecule has 2 N–H and O–H groups in total. The number of hydrogen-bond donors (Lipinski definition) is 1. The smallest absolute Gasteiger partial charge is 0.277 e. The third-order valence-corrected chi connectivity index (χ3v) is 2.70. The molecule has 0 atom stereocenters. The topological polar surface area (TPSA) is 106 Å². The van der Waals surface area contributed by atoms with Crippen LogP contribution in [0, 0.1) is 10.1 Å². The Morgan fingerprint density at radius 2 is 1.86 bits per heavy atom. The van der Waals surface area contributed by atoms with Crippen LogP contribution < -0.4 is 15.2 Å². The van der Waals surface area contributed by atoms with Crippen LogP contribution >= 0.6 is 0 Å². The predicted octanol–water partition coefficient (Wildman–Crippen LogP) is 1.10. The van der Waals surface area contributed by atoms with Crippen molar-refractivity contribution in [2.45, 2.75) is 6.54 Å². The highest BCUT2D eigenvalue weighted by Crippen LogP contribution is 2.34. The van der Waals surface area contributed by atoms with Gasteiger partial charge in [0.15, 0.2) is 11.5 Å². The first-order valence-corrected chi connectivity index (χ1v) is 6.38. The zero-order chi connectivity index (χ0) is 15.7. The van der Waals surface area contributed by atoms with E-state index < -0.39 is 4.92 Å². The molecule has 0 amide bonds. The van der Waals surface area contributed by atoms with Crippen LogP contribution in [0.15, 0.2) is 12.1 Å². The van der Waals surface area contributed by atoms with Crippen molar-refractivity contribution in [3.8, 4) is 11.5 Å². The Kier molecular flexibility index (Phi) is 7.44. The maximum atomic E-state index is 11.0. The van der Waals surface area contributed by atoms with Crippen LogP contribution in [0.3, 0.4) is 0 Å². The number of nitro benzene ring substituents is 1. The van der Waals surface area contributed by atoms with Crippen molar-refractivity contribution in [1.82, 2.24) is 0 Å². The van der Waals surface area contributed by atoms with Crippen molar-refractivity contribution in [1.29, 1.82) is 0 Å². The molecule has 0 aliphatic carbocycles. The summed E-state index contributed by atoms with van der Waals surface area (Å²) in [6.45, 7) is 1.61. The highest BCUT2D eigenvalue weighted by molar-refractivity contribution is 5.54. The third-order valence-electron chi connectivity index (χ3n) is 2.70. The van der Waals surface area contributed by atoms with E-state index in [1.807, 2.05) is 0 Å². The number of nitrogens with zero attached hydrogens (tertiary/aromatic N) is 1. The van der Waals surface area contributed by atoms with Gasteiger partial charge in [-0.2, -0.15) is 0 Å². The highest BCUT2D eigenvalue weighted by Gasteiger charge is 2.18. The average molecular weight is 300 g/mol. The van der Waals surface area contributed by atoms with Crippen LogP contribution in [0.4, 0.5) is 5.69 Å². The molecular weight excluding hydrogens is 280 g/mol. The second kappa shape index (κ2) is 9.11. The summed E-state index contributed by atoms with van der Waals surface area (Å²) in [6.07, 6.45) is 0. The number of nitro groups is 1. The molecular formula is C13H20N2O6. The molecule has 0 aliphatic rings. The molecule has 0 aromatic heterocycles. The lowest BCUT2D eigenvalue weighted by atomic mass is 10.1. The predicted molar refractivity (Wildman–Crippen MR) is 75.7 cm³/mol. The molecule has 8 nitrogen and oxygen atoms in total. The van der Waals surface area contributed by atoms with Crippen LogP contribution in [0.5, 0.6) is 11.5 Å². The summed E-state index contributed by atoms with van der Waals surface area (Å²) in [5.74, 6) is 0.690. The second-order valence-electron chi connectivity index (χ2n) is 4.05. The molecule has 0 heterocycles. The van der Waals surface area contributed by atoms with Crippen LogP contribution in [0.1, 0.15) is 5.56 Å². The van der Waals surface area contributed by atoms with Gasteiger partial charge in [-0.1, -0.05) is 0 Å². The van der Waals surface area contributed by atoms with Gasteiger partial charge in [0, 0.05) is 19.2 Å². The Morgan fingerprint density at radius 1 is 1.14 bits per heavy atom. The zero-order valence-corrected chi connectivity index (χ0v) is 12.2. The van der Waals surface area contributed by atoms with Crippen molar-refractivity contribution in [2.24, 2.45) is 5.73 Å². The Labute approximate surface area is 122 Å². The van der Waals surface area contributed by atoms with Gasteiger partial charge in [-0.3, -0.25) is 10.1 Å². The maximum Gasteiger partial charge on any atom is 0.277 e. The maximum absolute atomic E-state index is 11.0. The Balaban J connectivity index is 2.71. The largest absolute Gasteiger partial charge is 0.493 e. The Bertz CT molecular complexity index is 466. The molecule has 0 saturated heterocycles. The van der Waals surface area contributed by atoms with Crippen molar-refractivity contribution in [2.75, 3.05) is 40.6 Å². The van der Waals surface area contributed by atoms with E-state index in [-0.39, 0.29) is 24.6 Å². The van der Waals surface area contributed by atoms with Crippen molar-refractivity contribution < 1.29 is 23.9 Å². The minimum atomic E-state index is -0.496. The van der Waals surface area contributed by atoms with E-state index in [1.54, 1.807) is 7.11 Å². The van der Waals surface area contributed by atoms with Gasteiger partial charge in [-0.25, -0.2) is 0 Å². The summed E-state index contributed by atoms with van der Waals surface area (Å²) < 4.78 is 20.7. The molecule has 0 spiro atoms. The standard InChI is InChI=1S/C13H20N2O6/c1-18-3-4-20-5-6-21-13-8-11(15(16)17)10(9-14)7-12(13)19-2/h7-8H,3-6,9,14H2,1-2H3. The average Bonchev–Trinajstić information content (AvgIpc) is 2.49. The van der Waals surface area contributed by atoms with Crippen LogP contribution in [-0.4, -0.2) is 45.6 Å².